The Morgan fingerprint density at radius 3 is 2.48 bits per heavy atom. The van der Waals surface area contributed by atoms with Crippen LogP contribution < -0.4 is 0 Å². The number of nitrogens with zero attached hydrogens (tertiary/aromatic N) is 2. The summed E-state index contributed by atoms with van der Waals surface area (Å²) in [4.78, 5) is 26.6. The van der Waals surface area contributed by atoms with Crippen LogP contribution >= 0.6 is 0 Å². The number of carbonyl (C=O) groups excluding carboxylic acids is 2. The van der Waals surface area contributed by atoms with Crippen LogP contribution in [0.2, 0.25) is 0 Å². The summed E-state index contributed by atoms with van der Waals surface area (Å²) in [6.07, 6.45) is 1.12. The normalized spacial score (nSPS) is 20.2. The number of rotatable bonds is 7. The lowest BCUT2D eigenvalue weighted by Gasteiger charge is -2.27. The lowest BCUT2D eigenvalue weighted by atomic mass is 10.2. The van der Waals surface area contributed by atoms with Crippen LogP contribution in [0.15, 0.2) is 0 Å². The van der Waals surface area contributed by atoms with Crippen molar-refractivity contribution in [1.29, 1.82) is 0 Å². The molecule has 1 saturated heterocycles. The zero-order chi connectivity index (χ0) is 16.0. The number of hydrogen-bond donors (Lipinski definition) is 0. The molecule has 0 spiro atoms. The van der Waals surface area contributed by atoms with E-state index in [4.69, 9.17) is 4.74 Å². The Labute approximate surface area is 126 Å². The van der Waals surface area contributed by atoms with Gasteiger partial charge in [0, 0.05) is 40.3 Å². The quantitative estimate of drug-likeness (QED) is 0.592. The largest absolute Gasteiger partial charge is 0.385 e. The van der Waals surface area contributed by atoms with Gasteiger partial charge < -0.3 is 14.5 Å². The molecule has 1 rings (SSSR count). The summed E-state index contributed by atoms with van der Waals surface area (Å²) in [6, 6.07) is -0.282. The fourth-order valence-corrected chi connectivity index (χ4v) is 4.08. The molecule has 1 atom stereocenters. The van der Waals surface area contributed by atoms with Gasteiger partial charge in [-0.15, -0.1) is 0 Å². The highest BCUT2D eigenvalue weighted by atomic mass is 32.2. The number of sulfone groups is 1. The first-order valence-corrected chi connectivity index (χ1v) is 8.79. The maximum absolute atomic E-state index is 12.2. The van der Waals surface area contributed by atoms with Crippen molar-refractivity contribution < 1.29 is 22.7 Å². The maximum atomic E-state index is 12.2. The van der Waals surface area contributed by atoms with E-state index < -0.39 is 9.84 Å². The molecule has 0 aromatic rings. The average molecular weight is 320 g/mol. The van der Waals surface area contributed by atoms with Crippen molar-refractivity contribution in [2.75, 3.05) is 45.4 Å². The maximum Gasteiger partial charge on any atom is 0.242 e. The van der Waals surface area contributed by atoms with Gasteiger partial charge in [-0.1, -0.05) is 0 Å². The molecular formula is C13H24N2O5S. The van der Waals surface area contributed by atoms with Crippen molar-refractivity contribution in [1.82, 2.24) is 9.80 Å². The Bertz CT molecular complexity index is 477. The summed E-state index contributed by atoms with van der Waals surface area (Å²) in [7, 11) is 0.152. The van der Waals surface area contributed by atoms with Crippen LogP contribution in [0.3, 0.4) is 0 Å². The minimum atomic E-state index is -3.03. The Morgan fingerprint density at radius 2 is 2.00 bits per heavy atom. The predicted octanol–water partition coefficient (Wildman–Crippen LogP) is -0.483. The van der Waals surface area contributed by atoms with Gasteiger partial charge >= 0.3 is 0 Å². The second-order valence-electron chi connectivity index (χ2n) is 5.35. The van der Waals surface area contributed by atoms with Crippen molar-refractivity contribution >= 4 is 21.7 Å². The van der Waals surface area contributed by atoms with E-state index in [1.165, 1.54) is 16.7 Å². The van der Waals surface area contributed by atoms with Gasteiger partial charge in [0.05, 0.1) is 18.1 Å². The van der Waals surface area contributed by atoms with E-state index in [-0.39, 0.29) is 35.9 Å². The van der Waals surface area contributed by atoms with Gasteiger partial charge in [0.15, 0.2) is 9.84 Å². The monoisotopic (exact) mass is 320 g/mol. The fraction of sp³-hybridized carbons (Fsp3) is 0.846. The van der Waals surface area contributed by atoms with Crippen LogP contribution in [0, 0.1) is 0 Å². The average Bonchev–Trinajstić information content (AvgIpc) is 2.76. The lowest BCUT2D eigenvalue weighted by molar-refractivity contribution is -0.139. The van der Waals surface area contributed by atoms with E-state index in [0.29, 0.717) is 26.0 Å². The number of amides is 2. The summed E-state index contributed by atoms with van der Waals surface area (Å²) in [5.41, 5.74) is 0. The summed E-state index contributed by atoms with van der Waals surface area (Å²) in [5.74, 6) is -0.268. The molecule has 1 heterocycles. The smallest absolute Gasteiger partial charge is 0.242 e. The molecule has 8 heteroatoms. The molecule has 0 aliphatic carbocycles. The third-order valence-electron chi connectivity index (χ3n) is 3.70. The number of hydrogen-bond acceptors (Lipinski definition) is 5. The molecule has 122 valence electrons. The van der Waals surface area contributed by atoms with Crippen molar-refractivity contribution in [3.05, 3.63) is 0 Å². The summed E-state index contributed by atoms with van der Waals surface area (Å²) in [5, 5.41) is 0. The molecule has 0 saturated carbocycles. The van der Waals surface area contributed by atoms with E-state index in [9.17, 15) is 18.0 Å². The highest BCUT2D eigenvalue weighted by Gasteiger charge is 2.33. The van der Waals surface area contributed by atoms with Gasteiger partial charge in [-0.25, -0.2) is 8.42 Å². The fourth-order valence-electron chi connectivity index (χ4n) is 2.31. The Balaban J connectivity index is 2.54. The third kappa shape index (κ3) is 5.62. The van der Waals surface area contributed by atoms with Crippen LogP contribution in [0.5, 0.6) is 0 Å². The predicted molar refractivity (Wildman–Crippen MR) is 78.6 cm³/mol. The highest BCUT2D eigenvalue weighted by molar-refractivity contribution is 7.91. The van der Waals surface area contributed by atoms with Gasteiger partial charge in [0.2, 0.25) is 11.8 Å². The topological polar surface area (TPSA) is 84.0 Å². The number of likely N-dealkylation sites (N-methyl/N-ethyl adjacent to an activating group) is 1. The van der Waals surface area contributed by atoms with Gasteiger partial charge in [0.1, 0.15) is 0 Å². The Morgan fingerprint density at radius 1 is 1.33 bits per heavy atom. The highest BCUT2D eigenvalue weighted by Crippen LogP contribution is 2.16. The standard InChI is InChI=1S/C13H24N2O5S/c1-11(16)15(6-4-7-20-3)9-13(17)14(2)12-5-8-21(18,19)10-12/h12H,4-10H2,1-3H3. The first-order valence-electron chi connectivity index (χ1n) is 6.97. The molecule has 1 fully saturated rings. The molecule has 0 radical (unpaired) electrons. The summed E-state index contributed by atoms with van der Waals surface area (Å²) in [6.45, 7) is 2.37. The molecular weight excluding hydrogens is 296 g/mol. The second kappa shape index (κ2) is 7.74. The number of methoxy groups -OCH3 is 1. The van der Waals surface area contributed by atoms with E-state index in [0.717, 1.165) is 0 Å². The minimum absolute atomic E-state index is 0.0129. The van der Waals surface area contributed by atoms with Crippen LogP contribution in [0.4, 0.5) is 0 Å². The van der Waals surface area contributed by atoms with E-state index in [1.54, 1.807) is 14.2 Å². The van der Waals surface area contributed by atoms with Crippen LogP contribution in [-0.2, 0) is 24.2 Å². The summed E-state index contributed by atoms with van der Waals surface area (Å²) < 4.78 is 27.8. The molecule has 0 aromatic carbocycles. The molecule has 0 aromatic heterocycles. The van der Waals surface area contributed by atoms with Crippen LogP contribution in [-0.4, -0.2) is 81.4 Å². The lowest BCUT2D eigenvalue weighted by Crippen LogP contribution is -2.45. The first-order chi connectivity index (χ1) is 9.76. The first kappa shape index (κ1) is 17.9. The third-order valence-corrected chi connectivity index (χ3v) is 5.45. The van der Waals surface area contributed by atoms with Gasteiger partial charge in [0.25, 0.3) is 0 Å². The van der Waals surface area contributed by atoms with Crippen molar-refractivity contribution in [2.24, 2.45) is 0 Å². The van der Waals surface area contributed by atoms with E-state index >= 15 is 0 Å². The van der Waals surface area contributed by atoms with Crippen LogP contribution in [0.25, 0.3) is 0 Å². The van der Waals surface area contributed by atoms with Gasteiger partial charge in [-0.3, -0.25) is 9.59 Å². The zero-order valence-electron chi connectivity index (χ0n) is 12.9. The van der Waals surface area contributed by atoms with Crippen molar-refractivity contribution in [3.8, 4) is 0 Å². The zero-order valence-corrected chi connectivity index (χ0v) is 13.7. The second-order valence-corrected chi connectivity index (χ2v) is 7.58. The molecule has 2 amide bonds. The Hall–Kier alpha value is -1.15. The van der Waals surface area contributed by atoms with Crippen molar-refractivity contribution in [2.45, 2.75) is 25.8 Å². The Kier molecular flexibility index (Phi) is 6.60. The number of carbonyl (C=O) groups is 2. The van der Waals surface area contributed by atoms with Crippen molar-refractivity contribution in [3.63, 3.8) is 0 Å². The number of ether oxygens (including phenoxy) is 1. The molecule has 0 bridgehead atoms. The molecule has 1 aliphatic heterocycles. The van der Waals surface area contributed by atoms with Gasteiger partial charge in [-0.2, -0.15) is 0 Å². The molecule has 0 N–H and O–H groups in total. The van der Waals surface area contributed by atoms with E-state index in [2.05, 4.69) is 0 Å². The molecule has 1 aliphatic rings. The minimum Gasteiger partial charge on any atom is -0.385 e. The van der Waals surface area contributed by atoms with E-state index in [1.807, 2.05) is 0 Å². The summed E-state index contributed by atoms with van der Waals surface area (Å²) >= 11 is 0. The molecule has 7 nitrogen and oxygen atoms in total. The van der Waals surface area contributed by atoms with Gasteiger partial charge in [-0.05, 0) is 12.8 Å². The van der Waals surface area contributed by atoms with Crippen LogP contribution in [0.1, 0.15) is 19.8 Å². The SMILES string of the molecule is COCCCN(CC(=O)N(C)C1CCS(=O)(=O)C1)C(C)=O. The molecule has 1 unspecified atom stereocenters. The molecule has 21 heavy (non-hydrogen) atoms.